The molecule has 34 heavy (non-hydrogen) atoms. The van der Waals surface area contributed by atoms with Crippen LogP contribution in [0.4, 0.5) is 0 Å². The first-order chi connectivity index (χ1) is 16.6. The molecule has 0 radical (unpaired) electrons. The molecule has 0 unspecified atom stereocenters. The summed E-state index contributed by atoms with van der Waals surface area (Å²) in [7, 11) is 0. The van der Waals surface area contributed by atoms with E-state index in [2.05, 4.69) is 36.4 Å². The van der Waals surface area contributed by atoms with Crippen molar-refractivity contribution in [2.75, 3.05) is 6.61 Å². The average molecular weight is 452 g/mol. The van der Waals surface area contributed by atoms with E-state index in [1.54, 1.807) is 18.2 Å². The minimum atomic E-state index is -0.841. The van der Waals surface area contributed by atoms with Gasteiger partial charge in [-0.2, -0.15) is 5.26 Å². The fourth-order valence-corrected chi connectivity index (χ4v) is 3.77. The Morgan fingerprint density at radius 1 is 0.824 bits per heavy atom. The monoisotopic (exact) mass is 451 g/mol. The maximum atomic E-state index is 11.1. The molecule has 4 aromatic carbocycles. The zero-order chi connectivity index (χ0) is 23.8. The van der Waals surface area contributed by atoms with Gasteiger partial charge in [0.15, 0.2) is 0 Å². The molecule has 0 fully saturated rings. The van der Waals surface area contributed by atoms with E-state index >= 15 is 0 Å². The van der Waals surface area contributed by atoms with Crippen molar-refractivity contribution in [3.05, 3.63) is 107 Å². The first kappa shape index (κ1) is 22.9. The lowest BCUT2D eigenvalue weighted by Crippen LogP contribution is -2.06. The van der Waals surface area contributed by atoms with Crippen LogP contribution in [0.15, 0.2) is 84.9 Å². The van der Waals surface area contributed by atoms with Crippen LogP contribution >= 0.6 is 0 Å². The highest BCUT2D eigenvalue weighted by Gasteiger charge is 2.09. The quantitative estimate of drug-likeness (QED) is 0.323. The Morgan fingerprint density at radius 3 is 2.47 bits per heavy atom. The number of nitrogens with zero attached hydrogens (tertiary/aromatic N) is 1. The molecular weight excluding hydrogens is 426 g/mol. The summed E-state index contributed by atoms with van der Waals surface area (Å²) in [6.45, 7) is 0.794. The van der Waals surface area contributed by atoms with Gasteiger partial charge in [0.2, 0.25) is 0 Å². The predicted molar refractivity (Wildman–Crippen MR) is 131 cm³/mol. The molecule has 170 valence electrons. The van der Waals surface area contributed by atoms with Gasteiger partial charge in [-0.1, -0.05) is 60.7 Å². The fraction of sp³-hybridized carbons (Fsp3) is 0.172. The number of carbonyl (C=O) groups is 1. The minimum Gasteiger partial charge on any atom is -0.493 e. The second kappa shape index (κ2) is 11.0. The molecular formula is C29H25NO4. The minimum absolute atomic E-state index is 0.0395. The first-order valence-electron chi connectivity index (χ1n) is 11.2. The summed E-state index contributed by atoms with van der Waals surface area (Å²) in [6.07, 6.45) is 1.18. The van der Waals surface area contributed by atoms with E-state index in [9.17, 15) is 4.79 Å². The summed E-state index contributed by atoms with van der Waals surface area (Å²) in [4.78, 5) is 11.1. The van der Waals surface area contributed by atoms with E-state index in [1.807, 2.05) is 36.4 Å². The molecule has 0 spiro atoms. The molecule has 0 amide bonds. The van der Waals surface area contributed by atoms with E-state index < -0.39 is 5.97 Å². The molecule has 0 atom stereocenters. The topological polar surface area (TPSA) is 79.5 Å². The second-order valence-electron chi connectivity index (χ2n) is 8.04. The molecule has 5 heteroatoms. The van der Waals surface area contributed by atoms with E-state index in [1.165, 1.54) is 16.3 Å². The number of hydrogen-bond donors (Lipinski definition) is 1. The van der Waals surface area contributed by atoms with Crippen molar-refractivity contribution < 1.29 is 19.4 Å². The summed E-state index contributed by atoms with van der Waals surface area (Å²) in [5.41, 5.74) is 3.49. The predicted octanol–water partition coefficient (Wildman–Crippen LogP) is 5.93. The summed E-state index contributed by atoms with van der Waals surface area (Å²) >= 11 is 0. The van der Waals surface area contributed by atoms with Gasteiger partial charge in [-0.05, 0) is 58.1 Å². The number of aryl methyl sites for hydroxylation is 1. The van der Waals surface area contributed by atoms with E-state index in [0.29, 0.717) is 36.7 Å². The number of benzene rings is 4. The number of hydrogen-bond acceptors (Lipinski definition) is 4. The third kappa shape index (κ3) is 6.14. The summed E-state index contributed by atoms with van der Waals surface area (Å²) in [5.74, 6) is 0.452. The third-order valence-electron chi connectivity index (χ3n) is 5.57. The van der Waals surface area contributed by atoms with Gasteiger partial charge in [-0.25, -0.2) is 0 Å². The lowest BCUT2D eigenvalue weighted by molar-refractivity contribution is -0.136. The van der Waals surface area contributed by atoms with Gasteiger partial charge in [-0.3, -0.25) is 4.79 Å². The SMILES string of the molecule is N#Cc1cccc(OCc2ccc(CCC(=O)O)c(OCCc3ccc4ccccc4c3)c2)c1. The molecule has 0 aliphatic carbocycles. The number of carboxylic acids is 1. The number of nitriles is 1. The van der Waals surface area contributed by atoms with Gasteiger partial charge < -0.3 is 14.6 Å². The van der Waals surface area contributed by atoms with Gasteiger partial charge in [0.05, 0.1) is 18.2 Å². The van der Waals surface area contributed by atoms with Gasteiger partial charge in [0.1, 0.15) is 18.1 Å². The Hall–Kier alpha value is -4.30. The fourth-order valence-electron chi connectivity index (χ4n) is 3.77. The van der Waals surface area contributed by atoms with Crippen LogP contribution in [-0.2, 0) is 24.2 Å². The zero-order valence-corrected chi connectivity index (χ0v) is 18.7. The Morgan fingerprint density at radius 2 is 1.65 bits per heavy atom. The zero-order valence-electron chi connectivity index (χ0n) is 18.7. The molecule has 0 saturated carbocycles. The largest absolute Gasteiger partial charge is 0.493 e. The smallest absolute Gasteiger partial charge is 0.303 e. The van der Waals surface area contributed by atoms with E-state index in [-0.39, 0.29) is 6.42 Å². The molecule has 5 nitrogen and oxygen atoms in total. The lowest BCUT2D eigenvalue weighted by atomic mass is 10.0. The van der Waals surface area contributed by atoms with Gasteiger partial charge in [0.25, 0.3) is 0 Å². The van der Waals surface area contributed by atoms with E-state index in [0.717, 1.165) is 17.5 Å². The molecule has 1 N–H and O–H groups in total. The standard InChI is InChI=1S/C29H25NO4/c30-19-22-4-3-7-27(17-22)34-20-23-9-11-25(12-13-29(31)32)28(18-23)33-15-14-21-8-10-24-5-1-2-6-26(24)16-21/h1-11,16-18H,12-15,20H2,(H,31,32). The van der Waals surface area contributed by atoms with Crippen molar-refractivity contribution >= 4 is 16.7 Å². The van der Waals surface area contributed by atoms with Crippen molar-refractivity contribution in [3.8, 4) is 17.6 Å². The Labute approximate surface area is 198 Å². The Balaban J connectivity index is 1.44. The highest BCUT2D eigenvalue weighted by molar-refractivity contribution is 5.83. The molecule has 0 aliphatic rings. The van der Waals surface area contributed by atoms with Crippen molar-refractivity contribution in [1.29, 1.82) is 5.26 Å². The van der Waals surface area contributed by atoms with Crippen LogP contribution in [0.1, 0.15) is 28.7 Å². The number of rotatable bonds is 10. The Kier molecular flexibility index (Phi) is 7.42. The van der Waals surface area contributed by atoms with Crippen LogP contribution < -0.4 is 9.47 Å². The van der Waals surface area contributed by atoms with Crippen LogP contribution in [0, 0.1) is 11.3 Å². The van der Waals surface area contributed by atoms with Crippen molar-refractivity contribution in [2.24, 2.45) is 0 Å². The highest BCUT2D eigenvalue weighted by atomic mass is 16.5. The van der Waals surface area contributed by atoms with Crippen molar-refractivity contribution in [1.82, 2.24) is 0 Å². The molecule has 4 aromatic rings. The van der Waals surface area contributed by atoms with Gasteiger partial charge >= 0.3 is 5.97 Å². The van der Waals surface area contributed by atoms with Gasteiger partial charge in [0, 0.05) is 12.8 Å². The molecule has 0 aromatic heterocycles. The van der Waals surface area contributed by atoms with Gasteiger partial charge in [-0.15, -0.1) is 0 Å². The van der Waals surface area contributed by atoms with Crippen LogP contribution in [0.25, 0.3) is 10.8 Å². The normalized spacial score (nSPS) is 10.6. The molecule has 0 saturated heterocycles. The Bertz CT molecular complexity index is 1340. The van der Waals surface area contributed by atoms with E-state index in [4.69, 9.17) is 19.8 Å². The summed E-state index contributed by atoms with van der Waals surface area (Å²) in [6, 6.07) is 29.5. The molecule has 0 heterocycles. The van der Waals surface area contributed by atoms with Crippen molar-refractivity contribution in [3.63, 3.8) is 0 Å². The number of ether oxygens (including phenoxy) is 2. The average Bonchev–Trinajstić information content (AvgIpc) is 2.87. The lowest BCUT2D eigenvalue weighted by Gasteiger charge is -2.14. The third-order valence-corrected chi connectivity index (χ3v) is 5.57. The van der Waals surface area contributed by atoms with Crippen molar-refractivity contribution in [2.45, 2.75) is 25.9 Å². The number of fused-ring (bicyclic) bond motifs is 1. The van der Waals surface area contributed by atoms with Crippen LogP contribution in [0.3, 0.4) is 0 Å². The highest BCUT2D eigenvalue weighted by Crippen LogP contribution is 2.24. The maximum Gasteiger partial charge on any atom is 0.303 e. The summed E-state index contributed by atoms with van der Waals surface area (Å²) < 4.78 is 12.0. The first-order valence-corrected chi connectivity index (χ1v) is 11.2. The summed E-state index contributed by atoms with van der Waals surface area (Å²) in [5, 5.41) is 20.6. The van der Waals surface area contributed by atoms with Crippen LogP contribution in [-0.4, -0.2) is 17.7 Å². The van der Waals surface area contributed by atoms with Crippen LogP contribution in [0.2, 0.25) is 0 Å². The molecule has 0 aliphatic heterocycles. The number of carboxylic acid groups (broad SMARTS) is 1. The molecule has 0 bridgehead atoms. The second-order valence-corrected chi connectivity index (χ2v) is 8.04. The number of aliphatic carboxylic acids is 1. The maximum absolute atomic E-state index is 11.1. The molecule has 4 rings (SSSR count). The van der Waals surface area contributed by atoms with Crippen LogP contribution in [0.5, 0.6) is 11.5 Å².